The molecule has 1 aliphatic rings. The molecular weight excluding hydrogens is 576 g/mol. The number of aliphatic hydroxyl groups excluding tert-OH is 1. The monoisotopic (exact) mass is 612 g/mol. The van der Waals surface area contributed by atoms with Gasteiger partial charge in [0.1, 0.15) is 0 Å². The van der Waals surface area contributed by atoms with Crippen LogP contribution in [0.2, 0.25) is 0 Å². The van der Waals surface area contributed by atoms with E-state index in [2.05, 4.69) is 15.6 Å². The van der Waals surface area contributed by atoms with E-state index < -0.39 is 6.29 Å². The highest BCUT2D eigenvalue weighted by Gasteiger charge is 2.32. The highest BCUT2D eigenvalue weighted by molar-refractivity contribution is 7.99. The van der Waals surface area contributed by atoms with E-state index in [9.17, 15) is 14.7 Å². The Morgan fingerprint density at radius 2 is 1.66 bits per heavy atom. The maximum Gasteiger partial charge on any atom is 0.224 e. The lowest BCUT2D eigenvalue weighted by atomic mass is 10.0. The quantitative estimate of drug-likeness (QED) is 0.109. The van der Waals surface area contributed by atoms with Crippen LogP contribution in [0.5, 0.6) is 0 Å². The zero-order chi connectivity index (χ0) is 30.7. The van der Waals surface area contributed by atoms with Crippen LogP contribution in [0.1, 0.15) is 54.8 Å². The molecule has 4 aromatic rings. The summed E-state index contributed by atoms with van der Waals surface area (Å²) in [4.78, 5) is 29.4. The van der Waals surface area contributed by atoms with Crippen molar-refractivity contribution in [3.8, 4) is 0 Å². The number of ether oxygens (including phenoxy) is 2. The number of amides is 2. The second-order valence-electron chi connectivity index (χ2n) is 10.5. The van der Waals surface area contributed by atoms with E-state index in [0.717, 1.165) is 21.7 Å². The van der Waals surface area contributed by atoms with Crippen LogP contribution in [-0.4, -0.2) is 33.8 Å². The molecule has 0 aliphatic carbocycles. The number of hydrogen-bond donors (Lipinski definition) is 4. The van der Waals surface area contributed by atoms with Gasteiger partial charge in [0.15, 0.2) is 6.29 Å². The van der Waals surface area contributed by atoms with Gasteiger partial charge in [0.05, 0.1) is 35.2 Å². The van der Waals surface area contributed by atoms with Crippen LogP contribution in [-0.2, 0) is 25.7 Å². The maximum absolute atomic E-state index is 12.7. The lowest BCUT2D eigenvalue weighted by Gasteiger charge is -2.36. The van der Waals surface area contributed by atoms with Crippen molar-refractivity contribution in [1.29, 1.82) is 0 Å². The first-order valence-corrected chi connectivity index (χ1v) is 15.5. The Bertz CT molecular complexity index is 1540. The number of thioether (sulfide) groups is 1. The molecule has 5 rings (SSSR count). The van der Waals surface area contributed by atoms with Crippen molar-refractivity contribution in [3.05, 3.63) is 114 Å². The van der Waals surface area contributed by atoms with Crippen molar-refractivity contribution in [2.45, 2.75) is 55.8 Å². The third-order valence-electron chi connectivity index (χ3n) is 7.15. The van der Waals surface area contributed by atoms with Crippen molar-refractivity contribution >= 4 is 40.6 Å². The first kappa shape index (κ1) is 31.2. The summed E-state index contributed by atoms with van der Waals surface area (Å²) in [5.74, 6) is 0.315. The molecule has 5 N–H and O–H groups in total. The van der Waals surface area contributed by atoms with Gasteiger partial charge in [0.2, 0.25) is 11.8 Å². The number of hydrogen-bond acceptors (Lipinski definition) is 8. The van der Waals surface area contributed by atoms with Gasteiger partial charge in [0, 0.05) is 42.5 Å². The minimum Gasteiger partial charge on any atom is -0.397 e. The number of nitrogen functional groups attached to an aromatic ring is 1. The molecule has 2 heterocycles. The number of para-hydroxylation sites is 2. The van der Waals surface area contributed by atoms with Crippen molar-refractivity contribution in [2.24, 2.45) is 0 Å². The van der Waals surface area contributed by atoms with Crippen LogP contribution in [0.4, 0.5) is 17.1 Å². The molecule has 1 saturated heterocycles. The molecule has 0 spiro atoms. The fraction of sp³-hybridized carbons (Fsp3) is 0.265. The number of carbonyl (C=O) groups is 2. The molecule has 1 aromatic heterocycles. The molecule has 3 atom stereocenters. The summed E-state index contributed by atoms with van der Waals surface area (Å²) < 4.78 is 12.9. The molecular formula is C34H36N4O5S. The molecule has 0 radical (unpaired) electrons. The number of pyridine rings is 1. The summed E-state index contributed by atoms with van der Waals surface area (Å²) >= 11 is 1.63. The smallest absolute Gasteiger partial charge is 0.224 e. The summed E-state index contributed by atoms with van der Waals surface area (Å²) in [5.41, 5.74) is 10.2. The summed E-state index contributed by atoms with van der Waals surface area (Å²) in [6, 6.07) is 28.1. The Labute approximate surface area is 261 Å². The van der Waals surface area contributed by atoms with E-state index in [1.165, 1.54) is 0 Å². The Balaban J connectivity index is 1.20. The third kappa shape index (κ3) is 8.90. The van der Waals surface area contributed by atoms with E-state index in [-0.39, 0.29) is 43.5 Å². The second kappa shape index (κ2) is 15.5. The normalized spacial score (nSPS) is 18.0. The Morgan fingerprint density at radius 1 is 0.886 bits per heavy atom. The van der Waals surface area contributed by atoms with Crippen LogP contribution >= 0.6 is 11.8 Å². The predicted octanol–water partition coefficient (Wildman–Crippen LogP) is 6.24. The van der Waals surface area contributed by atoms with Crippen molar-refractivity contribution in [3.63, 3.8) is 0 Å². The Morgan fingerprint density at radius 3 is 2.41 bits per heavy atom. The van der Waals surface area contributed by atoms with Crippen molar-refractivity contribution in [1.82, 2.24) is 4.98 Å². The van der Waals surface area contributed by atoms with Gasteiger partial charge in [-0.15, -0.1) is 11.8 Å². The molecule has 3 unspecified atom stereocenters. The highest BCUT2D eigenvalue weighted by atomic mass is 32.2. The SMILES string of the molecule is Nc1ccccc1NC(=O)CCCC(=O)Nc1cccc(C2OC(CSc3ccccn3)CC(c3ccc(CO)cc3)O2)c1. The first-order valence-electron chi connectivity index (χ1n) is 14.6. The number of nitrogens with one attached hydrogen (secondary N) is 2. The number of nitrogens with zero attached hydrogens (tertiary/aromatic N) is 1. The molecule has 44 heavy (non-hydrogen) atoms. The molecule has 3 aromatic carbocycles. The highest BCUT2D eigenvalue weighted by Crippen LogP contribution is 2.39. The number of nitrogens with two attached hydrogens (primary N) is 1. The summed E-state index contributed by atoms with van der Waals surface area (Å²) in [6.45, 7) is -0.0184. The van der Waals surface area contributed by atoms with Crippen LogP contribution < -0.4 is 16.4 Å². The number of aliphatic hydroxyl groups is 1. The lowest BCUT2D eigenvalue weighted by Crippen LogP contribution is -2.31. The lowest BCUT2D eigenvalue weighted by molar-refractivity contribution is -0.245. The minimum atomic E-state index is -0.647. The number of anilines is 3. The molecule has 9 nitrogen and oxygen atoms in total. The van der Waals surface area contributed by atoms with Crippen molar-refractivity contribution < 1.29 is 24.2 Å². The topological polar surface area (TPSA) is 136 Å². The van der Waals surface area contributed by atoms with E-state index in [1.807, 2.05) is 66.7 Å². The zero-order valence-corrected chi connectivity index (χ0v) is 25.0. The Kier molecular flexibility index (Phi) is 11.0. The number of benzene rings is 3. The largest absolute Gasteiger partial charge is 0.397 e. The average molecular weight is 613 g/mol. The van der Waals surface area contributed by atoms with E-state index in [4.69, 9.17) is 15.2 Å². The van der Waals surface area contributed by atoms with Gasteiger partial charge >= 0.3 is 0 Å². The van der Waals surface area contributed by atoms with Crippen LogP contribution in [0.15, 0.2) is 102 Å². The maximum atomic E-state index is 12.7. The average Bonchev–Trinajstić information content (AvgIpc) is 3.05. The third-order valence-corrected chi connectivity index (χ3v) is 8.23. The fourth-order valence-electron chi connectivity index (χ4n) is 4.85. The van der Waals surface area contributed by atoms with Gasteiger partial charge < -0.3 is 30.9 Å². The number of rotatable bonds is 12. The molecule has 10 heteroatoms. The number of aromatic nitrogens is 1. The molecule has 0 saturated carbocycles. The fourth-order valence-corrected chi connectivity index (χ4v) is 5.73. The van der Waals surface area contributed by atoms with Gasteiger partial charge in [-0.05, 0) is 53.9 Å². The van der Waals surface area contributed by atoms with E-state index >= 15 is 0 Å². The van der Waals surface area contributed by atoms with Gasteiger partial charge in [-0.1, -0.05) is 54.6 Å². The van der Waals surface area contributed by atoms with E-state index in [0.29, 0.717) is 35.7 Å². The van der Waals surface area contributed by atoms with E-state index in [1.54, 1.807) is 42.2 Å². The molecule has 2 amide bonds. The molecule has 1 fully saturated rings. The first-order chi connectivity index (χ1) is 21.5. The van der Waals surface area contributed by atoms with Crippen molar-refractivity contribution in [2.75, 3.05) is 22.1 Å². The molecule has 228 valence electrons. The van der Waals surface area contributed by atoms with Gasteiger partial charge in [-0.2, -0.15) is 0 Å². The summed E-state index contributed by atoms with van der Waals surface area (Å²) in [5, 5.41) is 16.1. The second-order valence-corrected chi connectivity index (χ2v) is 11.5. The van der Waals surface area contributed by atoms with Crippen LogP contribution in [0.3, 0.4) is 0 Å². The zero-order valence-electron chi connectivity index (χ0n) is 24.2. The summed E-state index contributed by atoms with van der Waals surface area (Å²) in [7, 11) is 0. The van der Waals surface area contributed by atoms with Crippen LogP contribution in [0, 0.1) is 0 Å². The van der Waals surface area contributed by atoms with Crippen LogP contribution in [0.25, 0.3) is 0 Å². The van der Waals surface area contributed by atoms with Gasteiger partial charge in [-0.3, -0.25) is 9.59 Å². The molecule has 0 bridgehead atoms. The summed E-state index contributed by atoms with van der Waals surface area (Å²) in [6.07, 6.45) is 2.25. The minimum absolute atomic E-state index is 0.0184. The Hall–Kier alpha value is -4.22. The molecule has 1 aliphatic heterocycles. The standard InChI is InChI=1S/C34H36N4O5S/c35-28-9-1-2-10-29(28)38-32(41)12-6-11-31(40)37-26-8-5-7-25(19-26)34-42-27(22-44-33-13-3-4-18-36-33)20-30(43-34)24-16-14-23(21-39)15-17-24/h1-5,7-10,13-19,27,30,34,39H,6,11-12,20-22,35H2,(H,37,40)(H,38,41). The predicted molar refractivity (Wildman–Crippen MR) is 172 cm³/mol. The van der Waals surface area contributed by atoms with Gasteiger partial charge in [-0.25, -0.2) is 4.98 Å². The van der Waals surface area contributed by atoms with Gasteiger partial charge in [0.25, 0.3) is 0 Å². The number of carbonyl (C=O) groups excluding carboxylic acids is 2.